The number of benzene rings is 2. The van der Waals surface area contributed by atoms with Gasteiger partial charge in [0.2, 0.25) is 5.91 Å². The molecule has 0 saturated carbocycles. The number of thioether (sulfide) groups is 1. The van der Waals surface area contributed by atoms with Crippen LogP contribution in [0.15, 0.2) is 41.3 Å². The number of carbonyl (C=O) groups excluding carboxylic acids is 1. The monoisotopic (exact) mass is 331 g/mol. The van der Waals surface area contributed by atoms with Gasteiger partial charge in [-0.2, -0.15) is 0 Å². The second-order valence-corrected chi connectivity index (χ2v) is 6.22. The molecule has 0 aliphatic heterocycles. The summed E-state index contributed by atoms with van der Waals surface area (Å²) in [6, 6.07) is 11.5. The van der Waals surface area contributed by atoms with Gasteiger partial charge in [0.05, 0.1) is 20.0 Å². The molecule has 1 N–H and O–H groups in total. The average Bonchev–Trinajstić information content (AvgIpc) is 2.53. The van der Waals surface area contributed by atoms with Crippen molar-refractivity contribution in [3.05, 3.63) is 47.5 Å². The number of amides is 1. The van der Waals surface area contributed by atoms with Crippen molar-refractivity contribution in [1.82, 2.24) is 0 Å². The third-order valence-electron chi connectivity index (χ3n) is 3.32. The summed E-state index contributed by atoms with van der Waals surface area (Å²) >= 11 is 1.53. The largest absolute Gasteiger partial charge is 0.497 e. The summed E-state index contributed by atoms with van der Waals surface area (Å²) in [7, 11) is 3.16. The molecule has 0 saturated heterocycles. The van der Waals surface area contributed by atoms with Crippen LogP contribution in [-0.4, -0.2) is 25.9 Å². The van der Waals surface area contributed by atoms with E-state index < -0.39 is 0 Å². The van der Waals surface area contributed by atoms with Gasteiger partial charge in [0.1, 0.15) is 11.5 Å². The fourth-order valence-corrected chi connectivity index (χ4v) is 2.99. The summed E-state index contributed by atoms with van der Waals surface area (Å²) in [4.78, 5) is 13.3. The highest BCUT2D eigenvalue weighted by Crippen LogP contribution is 2.27. The lowest BCUT2D eigenvalue weighted by Gasteiger charge is -2.10. The van der Waals surface area contributed by atoms with E-state index >= 15 is 0 Å². The smallest absolute Gasteiger partial charge is 0.234 e. The number of hydrogen-bond donors (Lipinski definition) is 1. The van der Waals surface area contributed by atoms with E-state index in [0.29, 0.717) is 22.9 Å². The van der Waals surface area contributed by atoms with E-state index in [0.717, 1.165) is 4.90 Å². The average molecular weight is 331 g/mol. The van der Waals surface area contributed by atoms with E-state index in [2.05, 4.69) is 37.4 Å². The van der Waals surface area contributed by atoms with Gasteiger partial charge in [-0.25, -0.2) is 0 Å². The van der Waals surface area contributed by atoms with Crippen molar-refractivity contribution in [3.63, 3.8) is 0 Å². The number of methoxy groups -OCH3 is 2. The molecule has 0 fully saturated rings. The molecule has 122 valence electrons. The van der Waals surface area contributed by atoms with Crippen LogP contribution >= 0.6 is 11.8 Å². The van der Waals surface area contributed by atoms with E-state index in [-0.39, 0.29) is 5.91 Å². The van der Waals surface area contributed by atoms with Gasteiger partial charge in [0, 0.05) is 28.8 Å². The molecule has 0 radical (unpaired) electrons. The molecule has 0 aromatic heterocycles. The summed E-state index contributed by atoms with van der Waals surface area (Å²) in [6.45, 7) is 4.12. The van der Waals surface area contributed by atoms with Crippen LogP contribution in [-0.2, 0) is 4.79 Å². The van der Waals surface area contributed by atoms with Crippen molar-refractivity contribution in [3.8, 4) is 11.5 Å². The van der Waals surface area contributed by atoms with Crippen molar-refractivity contribution in [2.45, 2.75) is 18.7 Å². The van der Waals surface area contributed by atoms with Gasteiger partial charge in [-0.15, -0.1) is 11.8 Å². The first-order valence-electron chi connectivity index (χ1n) is 7.25. The van der Waals surface area contributed by atoms with E-state index in [1.54, 1.807) is 32.4 Å². The molecule has 2 aromatic rings. The molecule has 23 heavy (non-hydrogen) atoms. The van der Waals surface area contributed by atoms with E-state index in [1.807, 2.05) is 0 Å². The number of anilines is 1. The maximum atomic E-state index is 12.1. The zero-order chi connectivity index (χ0) is 16.8. The van der Waals surface area contributed by atoms with Gasteiger partial charge in [-0.1, -0.05) is 17.7 Å². The molecule has 0 spiro atoms. The predicted octanol–water partition coefficient (Wildman–Crippen LogP) is 4.05. The van der Waals surface area contributed by atoms with Crippen molar-refractivity contribution >= 4 is 23.4 Å². The Morgan fingerprint density at radius 3 is 2.26 bits per heavy atom. The molecule has 0 atom stereocenters. The minimum atomic E-state index is -0.0646. The van der Waals surface area contributed by atoms with Crippen LogP contribution in [0.4, 0.5) is 5.69 Å². The fourth-order valence-electron chi connectivity index (χ4n) is 2.18. The maximum absolute atomic E-state index is 12.1. The molecule has 0 aliphatic carbocycles. The van der Waals surface area contributed by atoms with Crippen LogP contribution in [0, 0.1) is 13.8 Å². The van der Waals surface area contributed by atoms with Gasteiger partial charge >= 0.3 is 0 Å². The Bertz CT molecular complexity index is 678. The lowest BCUT2D eigenvalue weighted by Crippen LogP contribution is -2.14. The first kappa shape index (κ1) is 17.2. The molecule has 2 rings (SSSR count). The molecule has 0 aliphatic rings. The first-order chi connectivity index (χ1) is 11.0. The number of hydrogen-bond acceptors (Lipinski definition) is 4. The Morgan fingerprint density at radius 1 is 1.04 bits per heavy atom. The summed E-state index contributed by atoms with van der Waals surface area (Å²) in [6.07, 6.45) is 0. The molecule has 4 nitrogen and oxygen atoms in total. The van der Waals surface area contributed by atoms with Gasteiger partial charge in [0.15, 0.2) is 0 Å². The van der Waals surface area contributed by atoms with Crippen molar-refractivity contribution < 1.29 is 14.3 Å². The summed E-state index contributed by atoms with van der Waals surface area (Å²) in [5.41, 5.74) is 3.07. The molecular weight excluding hydrogens is 310 g/mol. The highest BCUT2D eigenvalue weighted by atomic mass is 32.2. The van der Waals surface area contributed by atoms with Crippen molar-refractivity contribution in [1.29, 1.82) is 0 Å². The second-order valence-electron chi connectivity index (χ2n) is 5.21. The van der Waals surface area contributed by atoms with Crippen LogP contribution in [0.2, 0.25) is 0 Å². The minimum Gasteiger partial charge on any atom is -0.497 e. The van der Waals surface area contributed by atoms with Crippen LogP contribution in [0.3, 0.4) is 0 Å². The SMILES string of the molecule is COc1cc(NC(=O)CSc2ccc(C)cc2C)cc(OC)c1. The number of aryl methyl sites for hydroxylation is 2. The molecule has 1 amide bonds. The van der Waals surface area contributed by atoms with Crippen LogP contribution in [0.1, 0.15) is 11.1 Å². The number of carbonyl (C=O) groups is 1. The van der Waals surface area contributed by atoms with E-state index in [9.17, 15) is 4.79 Å². The predicted molar refractivity (Wildman–Crippen MR) is 94.8 cm³/mol. The Hall–Kier alpha value is -2.14. The quantitative estimate of drug-likeness (QED) is 0.811. The van der Waals surface area contributed by atoms with Gasteiger partial charge in [-0.3, -0.25) is 4.79 Å². The number of rotatable bonds is 6. The zero-order valence-corrected chi connectivity index (χ0v) is 14.6. The van der Waals surface area contributed by atoms with Crippen LogP contribution < -0.4 is 14.8 Å². The van der Waals surface area contributed by atoms with Gasteiger partial charge in [0.25, 0.3) is 0 Å². The molecule has 0 heterocycles. The second kappa shape index (κ2) is 7.92. The van der Waals surface area contributed by atoms with E-state index in [1.165, 1.54) is 22.9 Å². The Labute approximate surface area is 141 Å². The zero-order valence-electron chi connectivity index (χ0n) is 13.8. The third-order valence-corrected chi connectivity index (χ3v) is 4.50. The summed E-state index contributed by atoms with van der Waals surface area (Å²) < 4.78 is 10.4. The number of ether oxygens (including phenoxy) is 2. The van der Waals surface area contributed by atoms with Crippen molar-refractivity contribution in [2.75, 3.05) is 25.3 Å². The highest BCUT2D eigenvalue weighted by Gasteiger charge is 2.08. The molecule has 0 bridgehead atoms. The Kier molecular flexibility index (Phi) is 5.93. The summed E-state index contributed by atoms with van der Waals surface area (Å²) in [5, 5.41) is 2.87. The maximum Gasteiger partial charge on any atom is 0.234 e. The molecule has 5 heteroatoms. The first-order valence-corrected chi connectivity index (χ1v) is 8.23. The molecule has 0 unspecified atom stereocenters. The molecule has 2 aromatic carbocycles. The van der Waals surface area contributed by atoms with Crippen LogP contribution in [0.25, 0.3) is 0 Å². The normalized spacial score (nSPS) is 10.3. The minimum absolute atomic E-state index is 0.0646. The van der Waals surface area contributed by atoms with Gasteiger partial charge in [-0.05, 0) is 25.5 Å². The van der Waals surface area contributed by atoms with Crippen LogP contribution in [0.5, 0.6) is 11.5 Å². The standard InChI is InChI=1S/C18H21NO3S/c1-12-5-6-17(13(2)7-12)23-11-18(20)19-14-8-15(21-3)10-16(9-14)22-4/h5-10H,11H2,1-4H3,(H,19,20). The summed E-state index contributed by atoms with van der Waals surface area (Å²) in [5.74, 6) is 1.57. The Morgan fingerprint density at radius 2 is 1.70 bits per heavy atom. The number of nitrogens with one attached hydrogen (secondary N) is 1. The lowest BCUT2D eigenvalue weighted by atomic mass is 10.2. The highest BCUT2D eigenvalue weighted by molar-refractivity contribution is 8.00. The van der Waals surface area contributed by atoms with E-state index in [4.69, 9.17) is 9.47 Å². The molecular formula is C18H21NO3S. The fraction of sp³-hybridized carbons (Fsp3) is 0.278. The Balaban J connectivity index is 1.99. The topological polar surface area (TPSA) is 47.6 Å². The van der Waals surface area contributed by atoms with Gasteiger partial charge < -0.3 is 14.8 Å². The lowest BCUT2D eigenvalue weighted by molar-refractivity contribution is -0.113. The third kappa shape index (κ3) is 4.93. The van der Waals surface area contributed by atoms with Crippen molar-refractivity contribution in [2.24, 2.45) is 0 Å².